The first-order valence-corrected chi connectivity index (χ1v) is 4.21. The van der Waals surface area contributed by atoms with Crippen molar-refractivity contribution in [2.24, 2.45) is 7.05 Å². The molecule has 0 fully saturated rings. The molecular formula is C8H15N3O. The topological polar surface area (TPSA) is 50.9 Å². The Morgan fingerprint density at radius 2 is 2.42 bits per heavy atom. The molecule has 1 unspecified atom stereocenters. The van der Waals surface area contributed by atoms with Crippen molar-refractivity contribution in [2.75, 3.05) is 0 Å². The summed E-state index contributed by atoms with van der Waals surface area (Å²) >= 11 is 0. The van der Waals surface area contributed by atoms with Gasteiger partial charge in [-0.3, -0.25) is 4.68 Å². The van der Waals surface area contributed by atoms with Crippen molar-refractivity contribution in [3.63, 3.8) is 0 Å². The maximum Gasteiger partial charge on any atom is 0.138 e. The SMILES string of the molecule is CC(O)CCCc1ncnn1C. The van der Waals surface area contributed by atoms with Crippen LogP contribution in [0.3, 0.4) is 0 Å². The van der Waals surface area contributed by atoms with Crippen molar-refractivity contribution < 1.29 is 5.11 Å². The maximum atomic E-state index is 9.01. The van der Waals surface area contributed by atoms with Gasteiger partial charge >= 0.3 is 0 Å². The summed E-state index contributed by atoms with van der Waals surface area (Å²) in [5.74, 6) is 0.982. The van der Waals surface area contributed by atoms with Crippen molar-refractivity contribution in [3.8, 4) is 0 Å². The predicted octanol–water partition coefficient (Wildman–Crippen LogP) is 0.519. The largest absolute Gasteiger partial charge is 0.393 e. The molecule has 4 heteroatoms. The van der Waals surface area contributed by atoms with Gasteiger partial charge in [0.25, 0.3) is 0 Å². The minimum absolute atomic E-state index is 0.210. The summed E-state index contributed by atoms with van der Waals surface area (Å²) in [5, 5.41) is 13.0. The third-order valence-corrected chi connectivity index (χ3v) is 1.83. The van der Waals surface area contributed by atoms with E-state index in [0.717, 1.165) is 25.1 Å². The van der Waals surface area contributed by atoms with Crippen molar-refractivity contribution >= 4 is 0 Å². The van der Waals surface area contributed by atoms with E-state index < -0.39 is 0 Å². The minimum atomic E-state index is -0.210. The Kier molecular flexibility index (Phi) is 3.22. The molecule has 1 atom stereocenters. The van der Waals surface area contributed by atoms with E-state index in [1.54, 1.807) is 17.9 Å². The number of hydrogen-bond donors (Lipinski definition) is 1. The lowest BCUT2D eigenvalue weighted by atomic mass is 10.2. The summed E-state index contributed by atoms with van der Waals surface area (Å²) in [7, 11) is 1.88. The molecule has 1 aromatic rings. The van der Waals surface area contributed by atoms with Crippen LogP contribution < -0.4 is 0 Å². The van der Waals surface area contributed by atoms with Crippen LogP contribution in [0.4, 0.5) is 0 Å². The first kappa shape index (κ1) is 9.19. The Balaban J connectivity index is 2.29. The number of nitrogens with zero attached hydrogens (tertiary/aromatic N) is 3. The molecule has 0 aliphatic rings. The maximum absolute atomic E-state index is 9.01. The van der Waals surface area contributed by atoms with E-state index in [-0.39, 0.29) is 6.10 Å². The highest BCUT2D eigenvalue weighted by Crippen LogP contribution is 2.02. The zero-order valence-corrected chi connectivity index (χ0v) is 7.56. The molecule has 0 amide bonds. The number of hydrogen-bond acceptors (Lipinski definition) is 3. The second-order valence-corrected chi connectivity index (χ2v) is 3.04. The van der Waals surface area contributed by atoms with Crippen molar-refractivity contribution in [2.45, 2.75) is 32.3 Å². The van der Waals surface area contributed by atoms with Crippen LogP contribution in [-0.4, -0.2) is 26.0 Å². The van der Waals surface area contributed by atoms with Crippen molar-refractivity contribution in [3.05, 3.63) is 12.2 Å². The molecule has 0 aliphatic heterocycles. The van der Waals surface area contributed by atoms with Gasteiger partial charge in [0.05, 0.1) is 6.10 Å². The number of aromatic nitrogens is 3. The quantitative estimate of drug-likeness (QED) is 0.714. The van der Waals surface area contributed by atoms with E-state index in [0.29, 0.717) is 0 Å². The highest BCUT2D eigenvalue weighted by Gasteiger charge is 2.01. The number of aliphatic hydroxyl groups is 1. The second kappa shape index (κ2) is 4.21. The predicted molar refractivity (Wildman–Crippen MR) is 45.6 cm³/mol. The van der Waals surface area contributed by atoms with E-state index in [1.807, 2.05) is 7.05 Å². The van der Waals surface area contributed by atoms with E-state index in [9.17, 15) is 0 Å². The summed E-state index contributed by atoms with van der Waals surface area (Å²) in [5.41, 5.74) is 0. The van der Waals surface area contributed by atoms with E-state index in [4.69, 9.17) is 5.11 Å². The third kappa shape index (κ3) is 2.62. The van der Waals surface area contributed by atoms with Gasteiger partial charge in [-0.05, 0) is 19.8 Å². The Labute approximate surface area is 72.2 Å². The second-order valence-electron chi connectivity index (χ2n) is 3.04. The molecule has 0 aliphatic carbocycles. The number of rotatable bonds is 4. The molecule has 1 aromatic heterocycles. The smallest absolute Gasteiger partial charge is 0.138 e. The van der Waals surface area contributed by atoms with Gasteiger partial charge in [-0.25, -0.2) is 4.98 Å². The van der Waals surface area contributed by atoms with Crippen LogP contribution in [0, 0.1) is 0 Å². The molecule has 0 spiro atoms. The molecule has 12 heavy (non-hydrogen) atoms. The van der Waals surface area contributed by atoms with Crippen LogP contribution in [0.2, 0.25) is 0 Å². The lowest BCUT2D eigenvalue weighted by molar-refractivity contribution is 0.181. The van der Waals surface area contributed by atoms with Gasteiger partial charge in [-0.1, -0.05) is 0 Å². The van der Waals surface area contributed by atoms with Gasteiger partial charge < -0.3 is 5.11 Å². The molecule has 1 rings (SSSR count). The molecule has 0 aromatic carbocycles. The summed E-state index contributed by atoms with van der Waals surface area (Å²) in [6, 6.07) is 0. The number of aryl methyl sites for hydroxylation is 2. The van der Waals surface area contributed by atoms with Crippen LogP contribution in [0.5, 0.6) is 0 Å². The summed E-state index contributed by atoms with van der Waals surface area (Å²) in [6.07, 6.45) is 4.02. The molecule has 0 radical (unpaired) electrons. The molecule has 0 saturated heterocycles. The zero-order valence-electron chi connectivity index (χ0n) is 7.56. The minimum Gasteiger partial charge on any atom is -0.393 e. The molecule has 1 N–H and O–H groups in total. The summed E-state index contributed by atoms with van der Waals surface area (Å²) < 4.78 is 1.77. The molecular weight excluding hydrogens is 154 g/mol. The van der Waals surface area contributed by atoms with E-state index in [2.05, 4.69) is 10.1 Å². The van der Waals surface area contributed by atoms with Crippen molar-refractivity contribution in [1.82, 2.24) is 14.8 Å². The van der Waals surface area contributed by atoms with E-state index in [1.165, 1.54) is 0 Å². The highest BCUT2D eigenvalue weighted by atomic mass is 16.3. The Hall–Kier alpha value is -0.900. The standard InChI is InChI=1S/C8H15N3O/c1-7(12)4-3-5-8-9-6-10-11(8)2/h6-7,12H,3-5H2,1-2H3. The van der Waals surface area contributed by atoms with Crippen LogP contribution in [0.25, 0.3) is 0 Å². The summed E-state index contributed by atoms with van der Waals surface area (Å²) in [4.78, 5) is 4.08. The van der Waals surface area contributed by atoms with Gasteiger partial charge in [-0.15, -0.1) is 0 Å². The van der Waals surface area contributed by atoms with Gasteiger partial charge in [0, 0.05) is 13.5 Å². The van der Waals surface area contributed by atoms with Crippen molar-refractivity contribution in [1.29, 1.82) is 0 Å². The fourth-order valence-electron chi connectivity index (χ4n) is 1.10. The van der Waals surface area contributed by atoms with Crippen LogP contribution in [0.1, 0.15) is 25.6 Å². The Morgan fingerprint density at radius 1 is 1.67 bits per heavy atom. The molecule has 0 saturated carbocycles. The summed E-state index contributed by atoms with van der Waals surface area (Å²) in [6.45, 7) is 1.80. The highest BCUT2D eigenvalue weighted by molar-refractivity contribution is 4.83. The van der Waals surface area contributed by atoms with Crippen LogP contribution >= 0.6 is 0 Å². The van der Waals surface area contributed by atoms with Crippen LogP contribution in [-0.2, 0) is 13.5 Å². The average molecular weight is 169 g/mol. The van der Waals surface area contributed by atoms with Gasteiger partial charge in [0.15, 0.2) is 0 Å². The first-order valence-electron chi connectivity index (χ1n) is 4.21. The Morgan fingerprint density at radius 3 is 2.92 bits per heavy atom. The van der Waals surface area contributed by atoms with Crippen LogP contribution in [0.15, 0.2) is 6.33 Å². The monoisotopic (exact) mass is 169 g/mol. The average Bonchev–Trinajstić information content (AvgIpc) is 2.36. The molecule has 4 nitrogen and oxygen atoms in total. The molecule has 1 heterocycles. The Bertz CT molecular complexity index is 232. The fraction of sp³-hybridized carbons (Fsp3) is 0.750. The van der Waals surface area contributed by atoms with Gasteiger partial charge in [0.1, 0.15) is 12.2 Å². The first-order chi connectivity index (χ1) is 5.70. The lowest BCUT2D eigenvalue weighted by Crippen LogP contribution is -2.03. The lowest BCUT2D eigenvalue weighted by Gasteiger charge is -2.02. The fourth-order valence-corrected chi connectivity index (χ4v) is 1.10. The number of aliphatic hydroxyl groups excluding tert-OH is 1. The third-order valence-electron chi connectivity index (χ3n) is 1.83. The molecule has 68 valence electrons. The normalized spacial score (nSPS) is 13.2. The van der Waals surface area contributed by atoms with E-state index >= 15 is 0 Å². The van der Waals surface area contributed by atoms with Gasteiger partial charge in [-0.2, -0.15) is 5.10 Å². The molecule has 0 bridgehead atoms. The zero-order chi connectivity index (χ0) is 8.97. The van der Waals surface area contributed by atoms with Gasteiger partial charge in [0.2, 0.25) is 0 Å².